The van der Waals surface area contributed by atoms with Gasteiger partial charge in [0, 0.05) is 11.4 Å². The topological polar surface area (TPSA) is 121 Å². The summed E-state index contributed by atoms with van der Waals surface area (Å²) in [5.74, 6) is -1.28. The second kappa shape index (κ2) is 9.74. The molecule has 0 heterocycles. The first-order valence-electron chi connectivity index (χ1n) is 7.22. The molecule has 0 fully saturated rings. The van der Waals surface area contributed by atoms with Crippen LogP contribution in [0.5, 0.6) is 0 Å². The zero-order valence-electron chi connectivity index (χ0n) is 13.5. The zero-order valence-corrected chi connectivity index (χ0v) is 13.5. The Hall–Kier alpha value is -3.21. The third-order valence-electron chi connectivity index (χ3n) is 2.71. The van der Waals surface area contributed by atoms with Crippen molar-refractivity contribution >= 4 is 29.2 Å². The van der Waals surface area contributed by atoms with Gasteiger partial charge in [0.25, 0.3) is 5.91 Å². The SMILES string of the molecule is CCOC(=O)c1ccc(NC(=O)C/C(C)=N\NC(=O)CC#N)cc1. The van der Waals surface area contributed by atoms with E-state index in [0.29, 0.717) is 23.6 Å². The maximum atomic E-state index is 11.9. The number of hydrogen-bond acceptors (Lipinski definition) is 6. The summed E-state index contributed by atoms with van der Waals surface area (Å²) < 4.78 is 4.87. The molecule has 1 aromatic carbocycles. The number of hydrazone groups is 1. The molecule has 126 valence electrons. The van der Waals surface area contributed by atoms with Crippen molar-refractivity contribution in [2.24, 2.45) is 5.10 Å². The normalized spacial score (nSPS) is 10.5. The van der Waals surface area contributed by atoms with Crippen molar-refractivity contribution in [3.8, 4) is 6.07 Å². The molecule has 0 saturated heterocycles. The second-order valence-electron chi connectivity index (χ2n) is 4.74. The van der Waals surface area contributed by atoms with Gasteiger partial charge in [-0.2, -0.15) is 10.4 Å². The Labute approximate surface area is 139 Å². The van der Waals surface area contributed by atoms with Gasteiger partial charge >= 0.3 is 5.97 Å². The van der Waals surface area contributed by atoms with E-state index < -0.39 is 11.9 Å². The van der Waals surface area contributed by atoms with Crippen LogP contribution in [0.3, 0.4) is 0 Å². The van der Waals surface area contributed by atoms with E-state index in [1.807, 2.05) is 0 Å². The van der Waals surface area contributed by atoms with Crippen LogP contribution in [-0.4, -0.2) is 30.1 Å². The fraction of sp³-hybridized carbons (Fsp3) is 0.312. The summed E-state index contributed by atoms with van der Waals surface area (Å²) in [7, 11) is 0. The fourth-order valence-corrected chi connectivity index (χ4v) is 1.65. The third-order valence-corrected chi connectivity index (χ3v) is 2.71. The highest BCUT2D eigenvalue weighted by Crippen LogP contribution is 2.11. The van der Waals surface area contributed by atoms with E-state index in [4.69, 9.17) is 10.00 Å². The summed E-state index contributed by atoms with van der Waals surface area (Å²) >= 11 is 0. The summed E-state index contributed by atoms with van der Waals surface area (Å²) in [6.45, 7) is 3.59. The summed E-state index contributed by atoms with van der Waals surface area (Å²) in [4.78, 5) is 34.5. The van der Waals surface area contributed by atoms with E-state index >= 15 is 0 Å². The lowest BCUT2D eigenvalue weighted by Crippen LogP contribution is -2.20. The van der Waals surface area contributed by atoms with Gasteiger partial charge in [-0.3, -0.25) is 9.59 Å². The van der Waals surface area contributed by atoms with Crippen LogP contribution in [0, 0.1) is 11.3 Å². The first-order chi connectivity index (χ1) is 11.5. The van der Waals surface area contributed by atoms with E-state index in [2.05, 4.69) is 15.8 Å². The summed E-state index contributed by atoms with van der Waals surface area (Å²) in [6.07, 6.45) is -0.317. The van der Waals surface area contributed by atoms with Crippen LogP contribution in [0.15, 0.2) is 29.4 Å². The highest BCUT2D eigenvalue weighted by molar-refractivity contribution is 6.05. The fourth-order valence-electron chi connectivity index (χ4n) is 1.65. The van der Waals surface area contributed by atoms with E-state index in [-0.39, 0.29) is 18.7 Å². The van der Waals surface area contributed by atoms with Crippen LogP contribution in [-0.2, 0) is 14.3 Å². The van der Waals surface area contributed by atoms with E-state index in [0.717, 1.165) is 0 Å². The number of esters is 1. The predicted octanol–water partition coefficient (Wildman–Crippen LogP) is 1.60. The van der Waals surface area contributed by atoms with Gasteiger partial charge in [-0.1, -0.05) is 0 Å². The smallest absolute Gasteiger partial charge is 0.338 e. The number of amides is 2. The van der Waals surface area contributed by atoms with Crippen LogP contribution < -0.4 is 10.7 Å². The van der Waals surface area contributed by atoms with Gasteiger partial charge in [-0.25, -0.2) is 10.2 Å². The number of nitriles is 1. The number of nitrogens with zero attached hydrogens (tertiary/aromatic N) is 2. The minimum Gasteiger partial charge on any atom is -0.462 e. The standard InChI is InChI=1S/C16H18N4O4/c1-3-24-16(23)12-4-6-13(7-5-12)18-15(22)10-11(2)19-20-14(21)8-9-17/h4-7H,3,8,10H2,1-2H3,(H,18,22)(H,20,21)/b19-11-. The Morgan fingerprint density at radius 1 is 1.21 bits per heavy atom. The maximum absolute atomic E-state index is 11.9. The first kappa shape index (κ1) is 18.8. The minimum atomic E-state index is -0.535. The van der Waals surface area contributed by atoms with Gasteiger partial charge in [0.15, 0.2) is 0 Å². The van der Waals surface area contributed by atoms with Crippen LogP contribution in [0.2, 0.25) is 0 Å². The molecule has 24 heavy (non-hydrogen) atoms. The van der Waals surface area contributed by atoms with Crippen molar-refractivity contribution in [3.63, 3.8) is 0 Å². The Bertz CT molecular complexity index is 674. The number of benzene rings is 1. The lowest BCUT2D eigenvalue weighted by atomic mass is 10.2. The summed E-state index contributed by atoms with van der Waals surface area (Å²) in [6, 6.07) is 7.97. The molecule has 0 unspecified atom stereocenters. The molecule has 1 rings (SSSR count). The molecule has 0 aliphatic rings. The van der Waals surface area contributed by atoms with Crippen molar-refractivity contribution in [1.29, 1.82) is 5.26 Å². The number of nitrogens with one attached hydrogen (secondary N) is 2. The maximum Gasteiger partial charge on any atom is 0.338 e. The van der Waals surface area contributed by atoms with Gasteiger partial charge in [-0.05, 0) is 38.1 Å². The Balaban J connectivity index is 2.53. The average Bonchev–Trinajstić information content (AvgIpc) is 2.54. The van der Waals surface area contributed by atoms with Gasteiger partial charge in [0.05, 0.1) is 24.7 Å². The second-order valence-corrected chi connectivity index (χ2v) is 4.74. The number of hydrogen-bond donors (Lipinski definition) is 2. The van der Waals surface area contributed by atoms with Crippen LogP contribution in [0.25, 0.3) is 0 Å². The quantitative estimate of drug-likeness (QED) is 0.447. The van der Waals surface area contributed by atoms with Gasteiger partial charge in [-0.15, -0.1) is 0 Å². The average molecular weight is 330 g/mol. The summed E-state index contributed by atoms with van der Waals surface area (Å²) in [5.41, 5.74) is 3.49. The third kappa shape index (κ3) is 6.70. The molecule has 0 bridgehead atoms. The number of carbonyl (C=O) groups is 3. The molecule has 2 N–H and O–H groups in total. The number of ether oxygens (including phenoxy) is 1. The highest BCUT2D eigenvalue weighted by atomic mass is 16.5. The zero-order chi connectivity index (χ0) is 17.9. The first-order valence-corrected chi connectivity index (χ1v) is 7.22. The monoisotopic (exact) mass is 330 g/mol. The molecule has 0 aliphatic carbocycles. The Morgan fingerprint density at radius 3 is 2.46 bits per heavy atom. The molecule has 0 spiro atoms. The number of anilines is 1. The van der Waals surface area contributed by atoms with Crippen molar-refractivity contribution < 1.29 is 19.1 Å². The Morgan fingerprint density at radius 2 is 1.88 bits per heavy atom. The van der Waals surface area contributed by atoms with Crippen molar-refractivity contribution in [1.82, 2.24) is 5.43 Å². The lowest BCUT2D eigenvalue weighted by Gasteiger charge is -2.06. The molecular formula is C16H18N4O4. The molecule has 2 amide bonds. The molecule has 1 aromatic rings. The van der Waals surface area contributed by atoms with Crippen LogP contribution in [0.1, 0.15) is 37.0 Å². The van der Waals surface area contributed by atoms with Crippen LogP contribution >= 0.6 is 0 Å². The van der Waals surface area contributed by atoms with Gasteiger partial charge < -0.3 is 10.1 Å². The molecule has 0 saturated carbocycles. The molecule has 8 heteroatoms. The largest absolute Gasteiger partial charge is 0.462 e. The van der Waals surface area contributed by atoms with Crippen molar-refractivity contribution in [2.75, 3.05) is 11.9 Å². The van der Waals surface area contributed by atoms with Gasteiger partial charge in [0.1, 0.15) is 6.42 Å². The predicted molar refractivity (Wildman–Crippen MR) is 87.1 cm³/mol. The van der Waals surface area contributed by atoms with E-state index in [1.165, 1.54) is 0 Å². The molecule has 8 nitrogen and oxygen atoms in total. The van der Waals surface area contributed by atoms with Crippen LogP contribution in [0.4, 0.5) is 5.69 Å². The molecule has 0 atom stereocenters. The van der Waals surface area contributed by atoms with Crippen molar-refractivity contribution in [2.45, 2.75) is 26.7 Å². The van der Waals surface area contributed by atoms with E-state index in [9.17, 15) is 14.4 Å². The summed E-state index contributed by atoms with van der Waals surface area (Å²) in [5, 5.41) is 14.7. The van der Waals surface area contributed by atoms with Gasteiger partial charge in [0.2, 0.25) is 5.91 Å². The van der Waals surface area contributed by atoms with E-state index in [1.54, 1.807) is 44.2 Å². The minimum absolute atomic E-state index is 0.0214. The molecule has 0 aromatic heterocycles. The molecular weight excluding hydrogens is 312 g/mol. The highest BCUT2D eigenvalue weighted by Gasteiger charge is 2.08. The lowest BCUT2D eigenvalue weighted by molar-refractivity contribution is -0.120. The molecule has 0 radical (unpaired) electrons. The van der Waals surface area contributed by atoms with Crippen molar-refractivity contribution in [3.05, 3.63) is 29.8 Å². The number of carbonyl (C=O) groups excluding carboxylic acids is 3. The Kier molecular flexibility index (Phi) is 7.64. The molecule has 0 aliphatic heterocycles. The number of rotatable bonds is 7.